The number of nitrogens with two attached hydrogens (primary N) is 1. The first-order valence-electron chi connectivity index (χ1n) is 7.43. The average molecular weight is 347 g/mol. The molecule has 0 aliphatic carbocycles. The van der Waals surface area contributed by atoms with Gasteiger partial charge in [-0.25, -0.2) is 0 Å². The maximum absolute atomic E-state index is 11.7. The van der Waals surface area contributed by atoms with Crippen molar-refractivity contribution in [3.63, 3.8) is 0 Å². The number of nitrogens with one attached hydrogen (secondary N) is 2. The second kappa shape index (κ2) is 7.35. The van der Waals surface area contributed by atoms with E-state index in [-0.39, 0.29) is 22.9 Å². The summed E-state index contributed by atoms with van der Waals surface area (Å²) in [7, 11) is 0. The van der Waals surface area contributed by atoms with Crippen LogP contribution < -0.4 is 21.3 Å². The molecular formula is C17H21N3O3S. The number of carbonyl (C=O) groups excluding carboxylic acids is 1. The molecule has 7 heteroatoms. The van der Waals surface area contributed by atoms with Crippen LogP contribution in [0.25, 0.3) is 0 Å². The summed E-state index contributed by atoms with van der Waals surface area (Å²) in [4.78, 5) is 11.7. The summed E-state index contributed by atoms with van der Waals surface area (Å²) in [5.74, 6) is 0.944. The van der Waals surface area contributed by atoms with Gasteiger partial charge < -0.3 is 14.9 Å². The number of hydrogen-bond donors (Lipinski definition) is 3. The molecule has 4 N–H and O–H groups in total. The van der Waals surface area contributed by atoms with Gasteiger partial charge in [0.15, 0.2) is 10.9 Å². The van der Waals surface area contributed by atoms with Gasteiger partial charge in [0.2, 0.25) is 0 Å². The number of hydrazine groups is 1. The molecule has 0 bridgehead atoms. The second-order valence-corrected chi connectivity index (χ2v) is 6.71. The molecule has 0 spiro atoms. The van der Waals surface area contributed by atoms with E-state index in [0.717, 1.165) is 5.75 Å². The van der Waals surface area contributed by atoms with Crippen LogP contribution in [0.2, 0.25) is 0 Å². The summed E-state index contributed by atoms with van der Waals surface area (Å²) in [5, 5.41) is -0.0304. The zero-order chi connectivity index (χ0) is 17.7. The van der Waals surface area contributed by atoms with Crippen LogP contribution in [0.3, 0.4) is 0 Å². The van der Waals surface area contributed by atoms with Crippen molar-refractivity contribution in [3.8, 4) is 5.75 Å². The highest BCUT2D eigenvalue weighted by atomic mass is 32.1. The van der Waals surface area contributed by atoms with Crippen LogP contribution in [0.1, 0.15) is 42.6 Å². The van der Waals surface area contributed by atoms with Gasteiger partial charge in [0.1, 0.15) is 18.1 Å². The minimum Gasteiger partial charge on any atom is -0.486 e. The van der Waals surface area contributed by atoms with Crippen LogP contribution in [-0.2, 0) is 12.0 Å². The molecule has 1 aromatic carbocycles. The molecule has 1 aromatic heterocycles. The molecule has 0 aliphatic rings. The van der Waals surface area contributed by atoms with Gasteiger partial charge in [-0.2, -0.15) is 0 Å². The van der Waals surface area contributed by atoms with E-state index in [1.807, 2.05) is 24.3 Å². The van der Waals surface area contributed by atoms with E-state index in [2.05, 4.69) is 43.8 Å². The standard InChI is InChI=1S/C17H21N3O3S/c1-17(2,3)11-4-6-12(7-5-11)22-10-13-8-9-14(23-13)15(21)19-20-16(18)24/h4-9H,10H2,1-3H3,(H,19,21)(H3,18,20,24). The third-order valence-electron chi connectivity index (χ3n) is 3.29. The van der Waals surface area contributed by atoms with E-state index in [1.165, 1.54) is 5.56 Å². The van der Waals surface area contributed by atoms with Gasteiger partial charge >= 0.3 is 5.91 Å². The zero-order valence-corrected chi connectivity index (χ0v) is 14.7. The van der Waals surface area contributed by atoms with Crippen LogP contribution in [-0.4, -0.2) is 11.0 Å². The Hall–Kier alpha value is -2.54. The summed E-state index contributed by atoms with van der Waals surface area (Å²) in [6.07, 6.45) is 0. The minimum absolute atomic E-state index is 0.0304. The molecule has 0 saturated heterocycles. The molecule has 0 atom stereocenters. The Kier molecular flexibility index (Phi) is 5.46. The van der Waals surface area contributed by atoms with Gasteiger partial charge in [0.25, 0.3) is 0 Å². The summed E-state index contributed by atoms with van der Waals surface area (Å²) in [6, 6.07) is 11.2. The predicted octanol–water partition coefficient (Wildman–Crippen LogP) is 2.63. The van der Waals surface area contributed by atoms with Gasteiger partial charge in [-0.1, -0.05) is 32.9 Å². The molecule has 1 amide bonds. The Labute approximate surface area is 146 Å². The maximum atomic E-state index is 11.7. The number of hydrogen-bond acceptors (Lipinski definition) is 4. The molecular weight excluding hydrogens is 326 g/mol. The largest absolute Gasteiger partial charge is 0.486 e. The molecule has 128 valence electrons. The Morgan fingerprint density at radius 1 is 1.17 bits per heavy atom. The van der Waals surface area contributed by atoms with E-state index in [0.29, 0.717) is 5.76 Å². The van der Waals surface area contributed by atoms with Crippen molar-refractivity contribution in [2.24, 2.45) is 5.73 Å². The quantitative estimate of drug-likeness (QED) is 0.582. The lowest BCUT2D eigenvalue weighted by molar-refractivity contribution is 0.0912. The van der Waals surface area contributed by atoms with Crippen molar-refractivity contribution < 1.29 is 13.9 Å². The van der Waals surface area contributed by atoms with E-state index in [1.54, 1.807) is 12.1 Å². The maximum Gasteiger partial charge on any atom is 0.305 e. The molecule has 0 saturated carbocycles. The van der Waals surface area contributed by atoms with Crippen molar-refractivity contribution in [2.75, 3.05) is 0 Å². The number of amides is 1. The fourth-order valence-electron chi connectivity index (χ4n) is 1.96. The van der Waals surface area contributed by atoms with Gasteiger partial charge in [-0.15, -0.1) is 0 Å². The molecule has 0 unspecified atom stereocenters. The van der Waals surface area contributed by atoms with Gasteiger partial charge in [0.05, 0.1) is 0 Å². The Balaban J connectivity index is 1.91. The lowest BCUT2D eigenvalue weighted by Crippen LogP contribution is -2.44. The Morgan fingerprint density at radius 3 is 2.42 bits per heavy atom. The summed E-state index contributed by atoms with van der Waals surface area (Å²) in [6.45, 7) is 6.70. The first-order chi connectivity index (χ1) is 11.3. The lowest BCUT2D eigenvalue weighted by atomic mass is 9.87. The summed E-state index contributed by atoms with van der Waals surface area (Å²) >= 11 is 4.60. The second-order valence-electron chi connectivity index (χ2n) is 6.27. The fraction of sp³-hybridized carbons (Fsp3) is 0.294. The predicted molar refractivity (Wildman–Crippen MR) is 95.6 cm³/mol. The van der Waals surface area contributed by atoms with Crippen molar-refractivity contribution in [1.82, 2.24) is 10.9 Å². The SMILES string of the molecule is CC(C)(C)c1ccc(OCc2ccc(C(=O)NNC(N)=S)o2)cc1. The van der Waals surface area contributed by atoms with Gasteiger partial charge in [-0.05, 0) is 47.5 Å². The highest BCUT2D eigenvalue weighted by molar-refractivity contribution is 7.80. The molecule has 24 heavy (non-hydrogen) atoms. The zero-order valence-electron chi connectivity index (χ0n) is 13.9. The van der Waals surface area contributed by atoms with Crippen LogP contribution in [0, 0.1) is 0 Å². The smallest absolute Gasteiger partial charge is 0.305 e. The fourth-order valence-corrected chi connectivity index (χ4v) is 2.01. The number of ether oxygens (including phenoxy) is 1. The molecule has 0 fully saturated rings. The normalized spacial score (nSPS) is 11.0. The summed E-state index contributed by atoms with van der Waals surface area (Å²) in [5.41, 5.74) is 11.2. The number of carbonyl (C=O) groups is 1. The molecule has 0 radical (unpaired) electrons. The first-order valence-corrected chi connectivity index (χ1v) is 7.84. The number of rotatable bonds is 4. The average Bonchev–Trinajstić information content (AvgIpc) is 2.99. The van der Waals surface area contributed by atoms with E-state index < -0.39 is 5.91 Å². The van der Waals surface area contributed by atoms with Crippen molar-refractivity contribution in [2.45, 2.75) is 32.8 Å². The third-order valence-corrected chi connectivity index (χ3v) is 3.39. The highest BCUT2D eigenvalue weighted by Crippen LogP contribution is 2.24. The molecule has 1 heterocycles. The monoisotopic (exact) mass is 347 g/mol. The van der Waals surface area contributed by atoms with E-state index >= 15 is 0 Å². The number of furan rings is 1. The van der Waals surface area contributed by atoms with Crippen molar-refractivity contribution >= 4 is 23.2 Å². The van der Waals surface area contributed by atoms with Crippen molar-refractivity contribution in [1.29, 1.82) is 0 Å². The van der Waals surface area contributed by atoms with Gasteiger partial charge in [0, 0.05) is 0 Å². The number of benzene rings is 1. The molecule has 6 nitrogen and oxygen atoms in total. The lowest BCUT2D eigenvalue weighted by Gasteiger charge is -2.19. The molecule has 0 aliphatic heterocycles. The first kappa shape index (κ1) is 17.8. The molecule has 2 aromatic rings. The number of thiocarbonyl (C=S) groups is 1. The highest BCUT2D eigenvalue weighted by Gasteiger charge is 2.14. The van der Waals surface area contributed by atoms with Crippen molar-refractivity contribution in [3.05, 3.63) is 53.5 Å². The van der Waals surface area contributed by atoms with E-state index in [4.69, 9.17) is 14.9 Å². The van der Waals surface area contributed by atoms with Crippen LogP contribution >= 0.6 is 12.2 Å². The minimum atomic E-state index is -0.469. The third kappa shape index (κ3) is 4.99. The summed E-state index contributed by atoms with van der Waals surface area (Å²) < 4.78 is 11.1. The van der Waals surface area contributed by atoms with Crippen LogP contribution in [0.4, 0.5) is 0 Å². The van der Waals surface area contributed by atoms with Crippen LogP contribution in [0.5, 0.6) is 5.75 Å². The van der Waals surface area contributed by atoms with Gasteiger partial charge in [-0.3, -0.25) is 15.6 Å². The topological polar surface area (TPSA) is 89.5 Å². The Morgan fingerprint density at radius 2 is 1.83 bits per heavy atom. The van der Waals surface area contributed by atoms with E-state index in [9.17, 15) is 4.79 Å². The van der Waals surface area contributed by atoms with Crippen LogP contribution in [0.15, 0.2) is 40.8 Å². The Bertz CT molecular complexity index is 717. The molecule has 2 rings (SSSR count).